The summed E-state index contributed by atoms with van der Waals surface area (Å²) in [5.74, 6) is -2.11. The van der Waals surface area contributed by atoms with Gasteiger partial charge in [-0.15, -0.1) is 0 Å². The minimum Gasteiger partial charge on any atom is -0.444 e. The summed E-state index contributed by atoms with van der Waals surface area (Å²) >= 11 is 0. The number of ether oxygens (including phenoxy) is 2. The van der Waals surface area contributed by atoms with Gasteiger partial charge in [0.05, 0.1) is 0 Å². The molecular formula is C25H32N2O6. The molecule has 8 heteroatoms. The lowest BCUT2D eigenvalue weighted by Gasteiger charge is -2.29. The lowest BCUT2D eigenvalue weighted by molar-refractivity contribution is -0.139. The highest BCUT2D eigenvalue weighted by Gasteiger charge is 2.41. The third-order valence-corrected chi connectivity index (χ3v) is 5.17. The van der Waals surface area contributed by atoms with E-state index in [-0.39, 0.29) is 22.8 Å². The molecule has 0 fully saturated rings. The van der Waals surface area contributed by atoms with Crippen LogP contribution in [0, 0.1) is 5.92 Å². The fourth-order valence-corrected chi connectivity index (χ4v) is 3.24. The Bertz CT molecular complexity index is 986. The van der Waals surface area contributed by atoms with Gasteiger partial charge in [-0.05, 0) is 38.3 Å². The van der Waals surface area contributed by atoms with Crippen LogP contribution in [0.2, 0.25) is 0 Å². The van der Waals surface area contributed by atoms with Crippen LogP contribution in [0.5, 0.6) is 5.75 Å². The number of esters is 1. The third kappa shape index (κ3) is 6.32. The Morgan fingerprint density at radius 2 is 1.61 bits per heavy atom. The second-order valence-electron chi connectivity index (χ2n) is 8.87. The van der Waals surface area contributed by atoms with Gasteiger partial charge >= 0.3 is 12.1 Å². The molecular weight excluding hydrogens is 424 g/mol. The first kappa shape index (κ1) is 25.9. The summed E-state index contributed by atoms with van der Waals surface area (Å²) in [7, 11) is 0. The normalized spacial score (nSPS) is 15.0. The standard InChI is InChI=1S/C25H32N2O6/c1-6-16(2)20(27-23(30)33-24(3,4)5)21(28)32-19-15-11-10-14-18(19)25(31,22(26)29)17-12-8-7-9-13-17/h7-16,20,31H,6H2,1-5H3,(H2,26,29)(H,27,30)/t16?,20-,25?/m0/s1. The summed E-state index contributed by atoms with van der Waals surface area (Å²) in [6, 6.07) is 13.2. The van der Waals surface area contributed by atoms with Crippen LogP contribution in [0.25, 0.3) is 0 Å². The Morgan fingerprint density at radius 1 is 1.03 bits per heavy atom. The van der Waals surface area contributed by atoms with E-state index in [4.69, 9.17) is 15.2 Å². The summed E-state index contributed by atoms with van der Waals surface area (Å²) < 4.78 is 10.9. The number of hydrogen-bond acceptors (Lipinski definition) is 6. The van der Waals surface area contributed by atoms with Crippen molar-refractivity contribution in [1.82, 2.24) is 5.32 Å². The molecule has 0 radical (unpaired) electrons. The Labute approximate surface area is 194 Å². The van der Waals surface area contributed by atoms with Gasteiger partial charge in [-0.3, -0.25) is 4.79 Å². The summed E-state index contributed by atoms with van der Waals surface area (Å²) in [4.78, 5) is 37.8. The SMILES string of the molecule is CCC(C)[C@H](NC(=O)OC(C)(C)C)C(=O)Oc1ccccc1C(O)(C(N)=O)c1ccccc1. The number of primary amides is 1. The zero-order valence-corrected chi connectivity index (χ0v) is 19.6. The molecule has 0 heterocycles. The molecule has 0 bridgehead atoms. The van der Waals surface area contributed by atoms with Gasteiger partial charge in [0.15, 0.2) is 5.60 Å². The van der Waals surface area contributed by atoms with Gasteiger partial charge in [0.25, 0.3) is 5.91 Å². The maximum Gasteiger partial charge on any atom is 0.408 e. The number of carbonyl (C=O) groups excluding carboxylic acids is 3. The Hall–Kier alpha value is -3.39. The summed E-state index contributed by atoms with van der Waals surface area (Å²) in [6.07, 6.45) is -0.178. The van der Waals surface area contributed by atoms with Crippen molar-refractivity contribution in [1.29, 1.82) is 0 Å². The zero-order valence-electron chi connectivity index (χ0n) is 19.6. The molecule has 0 aliphatic heterocycles. The average molecular weight is 457 g/mol. The van der Waals surface area contributed by atoms with E-state index in [1.165, 1.54) is 12.1 Å². The molecule has 2 amide bonds. The Kier molecular flexibility index (Phi) is 8.22. The van der Waals surface area contributed by atoms with Crippen molar-refractivity contribution < 1.29 is 29.0 Å². The molecule has 3 atom stereocenters. The molecule has 0 saturated carbocycles. The number of carbonyl (C=O) groups is 3. The summed E-state index contributed by atoms with van der Waals surface area (Å²) in [5, 5.41) is 13.9. The highest BCUT2D eigenvalue weighted by atomic mass is 16.6. The number of aliphatic hydroxyl groups is 1. The molecule has 0 saturated heterocycles. The van der Waals surface area contributed by atoms with Crippen LogP contribution < -0.4 is 15.8 Å². The predicted octanol–water partition coefficient (Wildman–Crippen LogP) is 3.25. The van der Waals surface area contributed by atoms with Crippen LogP contribution in [0.3, 0.4) is 0 Å². The minimum absolute atomic E-state index is 0.0113. The van der Waals surface area contributed by atoms with Crippen molar-refractivity contribution in [2.45, 2.75) is 58.3 Å². The molecule has 4 N–H and O–H groups in total. The number of para-hydroxylation sites is 1. The first-order valence-corrected chi connectivity index (χ1v) is 10.8. The zero-order chi connectivity index (χ0) is 24.8. The van der Waals surface area contributed by atoms with Crippen LogP contribution in [0.15, 0.2) is 54.6 Å². The monoisotopic (exact) mass is 456 g/mol. The van der Waals surface area contributed by atoms with Crippen molar-refractivity contribution in [3.8, 4) is 5.75 Å². The molecule has 178 valence electrons. The van der Waals surface area contributed by atoms with Gasteiger partial charge in [0.1, 0.15) is 17.4 Å². The van der Waals surface area contributed by atoms with Crippen molar-refractivity contribution in [3.05, 3.63) is 65.7 Å². The van der Waals surface area contributed by atoms with E-state index in [1.54, 1.807) is 70.2 Å². The second kappa shape index (κ2) is 10.5. The van der Waals surface area contributed by atoms with E-state index in [9.17, 15) is 19.5 Å². The van der Waals surface area contributed by atoms with Crippen LogP contribution in [0.1, 0.15) is 52.2 Å². The maximum atomic E-state index is 13.1. The van der Waals surface area contributed by atoms with Crippen molar-refractivity contribution in [3.63, 3.8) is 0 Å². The van der Waals surface area contributed by atoms with Crippen LogP contribution in [0.4, 0.5) is 4.79 Å². The molecule has 0 aliphatic rings. The van der Waals surface area contributed by atoms with Gasteiger partial charge in [-0.25, -0.2) is 9.59 Å². The fraction of sp³-hybridized carbons (Fsp3) is 0.400. The molecule has 2 aromatic rings. The molecule has 2 aromatic carbocycles. The molecule has 2 unspecified atom stereocenters. The number of nitrogens with one attached hydrogen (secondary N) is 1. The number of alkyl carbamates (subject to hydrolysis) is 1. The van der Waals surface area contributed by atoms with E-state index in [2.05, 4.69) is 5.32 Å². The van der Waals surface area contributed by atoms with E-state index >= 15 is 0 Å². The van der Waals surface area contributed by atoms with Crippen LogP contribution >= 0.6 is 0 Å². The number of amides is 2. The van der Waals surface area contributed by atoms with Crippen molar-refractivity contribution >= 4 is 18.0 Å². The largest absolute Gasteiger partial charge is 0.444 e. The van der Waals surface area contributed by atoms with E-state index in [0.29, 0.717) is 6.42 Å². The van der Waals surface area contributed by atoms with Gasteiger partial charge in [0, 0.05) is 5.56 Å². The minimum atomic E-state index is -2.23. The van der Waals surface area contributed by atoms with E-state index < -0.39 is 35.2 Å². The first-order chi connectivity index (χ1) is 15.4. The molecule has 33 heavy (non-hydrogen) atoms. The maximum absolute atomic E-state index is 13.1. The summed E-state index contributed by atoms with van der Waals surface area (Å²) in [6.45, 7) is 8.81. The van der Waals surface area contributed by atoms with Gasteiger partial charge < -0.3 is 25.6 Å². The van der Waals surface area contributed by atoms with E-state index in [1.807, 2.05) is 6.92 Å². The van der Waals surface area contributed by atoms with Gasteiger partial charge in [0.2, 0.25) is 0 Å². The topological polar surface area (TPSA) is 128 Å². The highest BCUT2D eigenvalue weighted by molar-refractivity contribution is 5.90. The van der Waals surface area contributed by atoms with Crippen LogP contribution in [-0.4, -0.2) is 34.7 Å². The molecule has 0 aromatic heterocycles. The predicted molar refractivity (Wildman–Crippen MR) is 123 cm³/mol. The summed E-state index contributed by atoms with van der Waals surface area (Å²) in [5.41, 5.74) is 2.85. The lowest BCUT2D eigenvalue weighted by atomic mass is 9.85. The van der Waals surface area contributed by atoms with E-state index in [0.717, 1.165) is 0 Å². The average Bonchev–Trinajstić information content (AvgIpc) is 2.76. The smallest absolute Gasteiger partial charge is 0.408 e. The second-order valence-corrected chi connectivity index (χ2v) is 8.87. The number of rotatable bonds is 8. The number of nitrogens with two attached hydrogens (primary N) is 1. The molecule has 0 aliphatic carbocycles. The molecule has 2 rings (SSSR count). The Balaban J connectivity index is 2.41. The number of hydrogen-bond donors (Lipinski definition) is 3. The van der Waals surface area contributed by atoms with Gasteiger partial charge in [-0.1, -0.05) is 68.8 Å². The first-order valence-electron chi connectivity index (χ1n) is 10.8. The van der Waals surface area contributed by atoms with Crippen molar-refractivity contribution in [2.24, 2.45) is 11.7 Å². The van der Waals surface area contributed by atoms with Gasteiger partial charge in [-0.2, -0.15) is 0 Å². The Morgan fingerprint density at radius 3 is 2.15 bits per heavy atom. The van der Waals surface area contributed by atoms with Crippen LogP contribution in [-0.2, 0) is 19.9 Å². The van der Waals surface area contributed by atoms with Crippen molar-refractivity contribution in [2.75, 3.05) is 0 Å². The molecule has 0 spiro atoms. The highest BCUT2D eigenvalue weighted by Crippen LogP contribution is 2.36. The number of benzene rings is 2. The third-order valence-electron chi connectivity index (χ3n) is 5.17. The fourth-order valence-electron chi connectivity index (χ4n) is 3.24. The quantitative estimate of drug-likeness (QED) is 0.413. The molecule has 8 nitrogen and oxygen atoms in total. The lowest BCUT2D eigenvalue weighted by Crippen LogP contribution is -2.49.